The number of nitrogens with zero attached hydrogens (tertiary/aromatic N) is 2. The SMILES string of the molecule is COc1ccc(S(=O)(=O)N(Cc2cccnc2)[C@@H](C(N)=O)C(C)C)cc1. The Bertz CT molecular complexity index is 836. The van der Waals surface area contributed by atoms with Gasteiger partial charge in [-0.2, -0.15) is 4.31 Å². The molecule has 0 fully saturated rings. The van der Waals surface area contributed by atoms with Crippen LogP contribution in [-0.4, -0.2) is 36.8 Å². The highest BCUT2D eigenvalue weighted by Gasteiger charge is 2.36. The lowest BCUT2D eigenvalue weighted by atomic mass is 10.0. The first-order valence-corrected chi connectivity index (χ1v) is 9.55. The summed E-state index contributed by atoms with van der Waals surface area (Å²) >= 11 is 0. The van der Waals surface area contributed by atoms with Crippen LogP contribution in [0.4, 0.5) is 0 Å². The van der Waals surface area contributed by atoms with Gasteiger partial charge in [0.15, 0.2) is 0 Å². The van der Waals surface area contributed by atoms with E-state index in [0.29, 0.717) is 11.3 Å². The monoisotopic (exact) mass is 377 g/mol. The number of carbonyl (C=O) groups excluding carboxylic acids is 1. The molecule has 2 aromatic rings. The van der Waals surface area contributed by atoms with Gasteiger partial charge in [0, 0.05) is 18.9 Å². The molecule has 1 atom stereocenters. The summed E-state index contributed by atoms with van der Waals surface area (Å²) in [6.45, 7) is 3.51. The average Bonchev–Trinajstić information content (AvgIpc) is 2.61. The van der Waals surface area contributed by atoms with Gasteiger partial charge >= 0.3 is 0 Å². The molecule has 8 heteroatoms. The van der Waals surface area contributed by atoms with Crippen LogP contribution < -0.4 is 10.5 Å². The molecule has 0 saturated carbocycles. The van der Waals surface area contributed by atoms with Gasteiger partial charge in [0.25, 0.3) is 0 Å². The van der Waals surface area contributed by atoms with Crippen molar-refractivity contribution >= 4 is 15.9 Å². The van der Waals surface area contributed by atoms with Crippen LogP contribution in [0.25, 0.3) is 0 Å². The summed E-state index contributed by atoms with van der Waals surface area (Å²) in [6, 6.07) is 8.49. The number of amides is 1. The number of sulfonamides is 1. The molecule has 2 N–H and O–H groups in total. The standard InChI is InChI=1S/C18H23N3O4S/c1-13(2)17(18(19)22)21(12-14-5-4-10-20-11-14)26(23,24)16-8-6-15(25-3)7-9-16/h4-11,13,17H,12H2,1-3H3,(H2,19,22)/t17-/m1/s1. The summed E-state index contributed by atoms with van der Waals surface area (Å²) in [6.07, 6.45) is 3.16. The van der Waals surface area contributed by atoms with Gasteiger partial charge in [0.1, 0.15) is 11.8 Å². The maximum absolute atomic E-state index is 13.2. The van der Waals surface area contributed by atoms with Crippen molar-refractivity contribution in [1.29, 1.82) is 0 Å². The van der Waals surface area contributed by atoms with Crippen LogP contribution in [-0.2, 0) is 21.4 Å². The van der Waals surface area contributed by atoms with Crippen molar-refractivity contribution in [3.8, 4) is 5.75 Å². The number of aromatic nitrogens is 1. The molecule has 0 radical (unpaired) electrons. The Hall–Kier alpha value is -2.45. The molecule has 0 spiro atoms. The number of ether oxygens (including phenoxy) is 1. The van der Waals surface area contributed by atoms with Crippen molar-refractivity contribution in [2.45, 2.75) is 31.3 Å². The van der Waals surface area contributed by atoms with Crippen molar-refractivity contribution in [2.75, 3.05) is 7.11 Å². The number of rotatable bonds is 8. The fraction of sp³-hybridized carbons (Fsp3) is 0.333. The molecule has 140 valence electrons. The molecule has 0 aliphatic heterocycles. The van der Waals surface area contributed by atoms with Crippen LogP contribution in [0.1, 0.15) is 19.4 Å². The minimum absolute atomic E-state index is 0.00596. The first-order chi connectivity index (χ1) is 12.3. The second kappa shape index (κ2) is 8.29. The molecule has 0 unspecified atom stereocenters. The molecule has 0 aliphatic rings. The van der Waals surface area contributed by atoms with Crippen molar-refractivity contribution in [2.24, 2.45) is 11.7 Å². The smallest absolute Gasteiger partial charge is 0.244 e. The Kier molecular flexibility index (Phi) is 6.33. The van der Waals surface area contributed by atoms with Gasteiger partial charge in [-0.3, -0.25) is 9.78 Å². The molecular formula is C18H23N3O4S. The van der Waals surface area contributed by atoms with Crippen LogP contribution in [0.5, 0.6) is 5.75 Å². The highest BCUT2D eigenvalue weighted by molar-refractivity contribution is 7.89. The van der Waals surface area contributed by atoms with E-state index < -0.39 is 22.0 Å². The second-order valence-corrected chi connectivity index (χ2v) is 8.07. The van der Waals surface area contributed by atoms with Crippen molar-refractivity contribution < 1.29 is 17.9 Å². The van der Waals surface area contributed by atoms with Crippen molar-refractivity contribution in [1.82, 2.24) is 9.29 Å². The number of carbonyl (C=O) groups is 1. The van der Waals surface area contributed by atoms with E-state index in [1.165, 1.54) is 19.2 Å². The van der Waals surface area contributed by atoms with E-state index in [0.717, 1.165) is 4.31 Å². The van der Waals surface area contributed by atoms with E-state index in [1.807, 2.05) is 0 Å². The molecule has 1 aromatic heterocycles. The lowest BCUT2D eigenvalue weighted by Crippen LogP contribution is -2.50. The van der Waals surface area contributed by atoms with Crippen LogP contribution in [0, 0.1) is 5.92 Å². The van der Waals surface area contributed by atoms with Gasteiger partial charge in [-0.25, -0.2) is 8.42 Å². The Labute approximate surface area is 153 Å². The van der Waals surface area contributed by atoms with Crippen molar-refractivity contribution in [3.63, 3.8) is 0 Å². The lowest BCUT2D eigenvalue weighted by Gasteiger charge is -2.31. The molecule has 2 rings (SSSR count). The highest BCUT2D eigenvalue weighted by Crippen LogP contribution is 2.25. The van der Waals surface area contributed by atoms with Gasteiger partial charge in [-0.15, -0.1) is 0 Å². The van der Waals surface area contributed by atoms with E-state index in [4.69, 9.17) is 10.5 Å². The van der Waals surface area contributed by atoms with E-state index in [2.05, 4.69) is 4.98 Å². The number of pyridine rings is 1. The third-order valence-corrected chi connectivity index (χ3v) is 5.80. The molecular weight excluding hydrogens is 354 g/mol. The van der Waals surface area contributed by atoms with Crippen LogP contribution in [0.3, 0.4) is 0 Å². The topological polar surface area (TPSA) is 103 Å². The Morgan fingerprint density at radius 1 is 1.23 bits per heavy atom. The maximum atomic E-state index is 13.2. The Balaban J connectivity index is 2.51. The highest BCUT2D eigenvalue weighted by atomic mass is 32.2. The summed E-state index contributed by atoms with van der Waals surface area (Å²) in [4.78, 5) is 16.1. The molecule has 1 amide bonds. The summed E-state index contributed by atoms with van der Waals surface area (Å²) in [5.41, 5.74) is 6.20. The van der Waals surface area contributed by atoms with Gasteiger partial charge in [-0.1, -0.05) is 19.9 Å². The Morgan fingerprint density at radius 3 is 2.35 bits per heavy atom. The third-order valence-electron chi connectivity index (χ3n) is 3.96. The summed E-state index contributed by atoms with van der Waals surface area (Å²) in [7, 11) is -2.46. The zero-order valence-corrected chi connectivity index (χ0v) is 15.8. The van der Waals surface area contributed by atoms with Crippen LogP contribution in [0.15, 0.2) is 53.7 Å². The molecule has 0 saturated heterocycles. The summed E-state index contributed by atoms with van der Waals surface area (Å²) in [5.74, 6) is -0.448. The third kappa shape index (κ3) is 4.39. The van der Waals surface area contributed by atoms with E-state index in [-0.39, 0.29) is 17.4 Å². The number of nitrogens with two attached hydrogens (primary N) is 1. The number of methoxy groups -OCH3 is 1. The zero-order valence-electron chi connectivity index (χ0n) is 15.0. The van der Waals surface area contributed by atoms with E-state index >= 15 is 0 Å². The molecule has 7 nitrogen and oxygen atoms in total. The molecule has 1 heterocycles. The normalized spacial score (nSPS) is 13.0. The number of hydrogen-bond donors (Lipinski definition) is 1. The average molecular weight is 377 g/mol. The minimum atomic E-state index is -3.96. The second-order valence-electron chi connectivity index (χ2n) is 6.18. The molecule has 0 aliphatic carbocycles. The van der Waals surface area contributed by atoms with E-state index in [1.54, 1.807) is 50.5 Å². The molecule has 1 aromatic carbocycles. The van der Waals surface area contributed by atoms with Crippen LogP contribution >= 0.6 is 0 Å². The fourth-order valence-corrected chi connectivity index (χ4v) is 4.41. The van der Waals surface area contributed by atoms with Crippen LogP contribution in [0.2, 0.25) is 0 Å². The molecule has 0 bridgehead atoms. The lowest BCUT2D eigenvalue weighted by molar-refractivity contribution is -0.123. The molecule has 26 heavy (non-hydrogen) atoms. The van der Waals surface area contributed by atoms with E-state index in [9.17, 15) is 13.2 Å². The summed E-state index contributed by atoms with van der Waals surface area (Å²) < 4.78 is 32.7. The minimum Gasteiger partial charge on any atom is -0.497 e. The number of benzene rings is 1. The first kappa shape index (κ1) is 19.9. The van der Waals surface area contributed by atoms with Gasteiger partial charge < -0.3 is 10.5 Å². The first-order valence-electron chi connectivity index (χ1n) is 8.11. The predicted molar refractivity (Wildman–Crippen MR) is 97.8 cm³/mol. The fourth-order valence-electron chi connectivity index (χ4n) is 2.69. The Morgan fingerprint density at radius 2 is 1.88 bits per heavy atom. The van der Waals surface area contributed by atoms with Gasteiger partial charge in [0.2, 0.25) is 15.9 Å². The summed E-state index contributed by atoms with van der Waals surface area (Å²) in [5, 5.41) is 0. The largest absolute Gasteiger partial charge is 0.497 e. The number of primary amides is 1. The van der Waals surface area contributed by atoms with Gasteiger partial charge in [0.05, 0.1) is 12.0 Å². The van der Waals surface area contributed by atoms with Gasteiger partial charge in [-0.05, 0) is 41.8 Å². The maximum Gasteiger partial charge on any atom is 0.244 e. The predicted octanol–water partition coefficient (Wildman–Crippen LogP) is 1.79. The zero-order chi connectivity index (χ0) is 19.3. The quantitative estimate of drug-likeness (QED) is 0.755. The number of hydrogen-bond acceptors (Lipinski definition) is 5. The van der Waals surface area contributed by atoms with Crippen molar-refractivity contribution in [3.05, 3.63) is 54.4 Å².